The third-order valence-electron chi connectivity index (χ3n) is 3.57. The molecule has 2 amide bonds. The molecule has 1 saturated heterocycles. The monoisotopic (exact) mass is 292 g/mol. The van der Waals surface area contributed by atoms with Crippen LogP contribution in [0.4, 0.5) is 0 Å². The third kappa shape index (κ3) is 3.33. The molecule has 5 heteroatoms. The molecule has 0 spiro atoms. The van der Waals surface area contributed by atoms with Crippen LogP contribution in [0, 0.1) is 0 Å². The zero-order valence-electron chi connectivity index (χ0n) is 11.7. The van der Waals surface area contributed by atoms with Crippen molar-refractivity contribution in [3.63, 3.8) is 0 Å². The molecular formula is C15H20N2O2S. The van der Waals surface area contributed by atoms with E-state index in [1.165, 1.54) is 0 Å². The normalized spacial score (nSPS) is 15.9. The van der Waals surface area contributed by atoms with Gasteiger partial charge in [0, 0.05) is 37.5 Å². The number of thiol groups is 1. The van der Waals surface area contributed by atoms with Crippen LogP contribution >= 0.6 is 12.6 Å². The van der Waals surface area contributed by atoms with Crippen LogP contribution in [0.25, 0.3) is 0 Å². The summed E-state index contributed by atoms with van der Waals surface area (Å²) in [6, 6.07) is 7.33. The summed E-state index contributed by atoms with van der Waals surface area (Å²) in [7, 11) is 0. The van der Waals surface area contributed by atoms with E-state index in [1.54, 1.807) is 6.07 Å². The molecule has 0 radical (unpaired) electrons. The molecule has 0 bridgehead atoms. The van der Waals surface area contributed by atoms with Crippen LogP contribution < -0.4 is 0 Å². The molecule has 0 unspecified atom stereocenters. The van der Waals surface area contributed by atoms with Crippen LogP contribution in [-0.4, -0.2) is 47.8 Å². The minimum absolute atomic E-state index is 0.00129. The van der Waals surface area contributed by atoms with E-state index in [0.29, 0.717) is 36.5 Å². The summed E-state index contributed by atoms with van der Waals surface area (Å²) in [6.45, 7) is 4.50. The number of nitrogens with zero attached hydrogens (tertiary/aromatic N) is 2. The fourth-order valence-electron chi connectivity index (χ4n) is 2.42. The average molecular weight is 292 g/mol. The van der Waals surface area contributed by atoms with Crippen molar-refractivity contribution in [1.29, 1.82) is 0 Å². The van der Waals surface area contributed by atoms with Crippen molar-refractivity contribution in [3.8, 4) is 0 Å². The Kier molecular flexibility index (Phi) is 5.06. The van der Waals surface area contributed by atoms with Crippen LogP contribution in [0.3, 0.4) is 0 Å². The van der Waals surface area contributed by atoms with Crippen molar-refractivity contribution in [2.75, 3.05) is 26.2 Å². The minimum atomic E-state index is 0.00129. The first-order chi connectivity index (χ1) is 9.63. The number of carbonyl (C=O) groups excluding carboxylic acids is 2. The van der Waals surface area contributed by atoms with Crippen molar-refractivity contribution in [3.05, 3.63) is 29.8 Å². The van der Waals surface area contributed by atoms with Gasteiger partial charge in [-0.25, -0.2) is 0 Å². The zero-order chi connectivity index (χ0) is 14.5. The number of benzene rings is 1. The summed E-state index contributed by atoms with van der Waals surface area (Å²) in [6.07, 6.45) is 1.35. The second-order valence-electron chi connectivity index (χ2n) is 4.90. The van der Waals surface area contributed by atoms with E-state index in [4.69, 9.17) is 0 Å². The van der Waals surface area contributed by atoms with E-state index in [9.17, 15) is 9.59 Å². The highest BCUT2D eigenvalue weighted by molar-refractivity contribution is 7.80. The first-order valence-electron chi connectivity index (χ1n) is 6.98. The molecule has 0 aliphatic carbocycles. The Morgan fingerprint density at radius 3 is 2.45 bits per heavy atom. The Bertz CT molecular complexity index is 504. The topological polar surface area (TPSA) is 40.6 Å². The zero-order valence-corrected chi connectivity index (χ0v) is 12.6. The Morgan fingerprint density at radius 1 is 1.10 bits per heavy atom. The number of amides is 2. The Morgan fingerprint density at radius 2 is 1.75 bits per heavy atom. The fraction of sp³-hybridized carbons (Fsp3) is 0.467. The summed E-state index contributed by atoms with van der Waals surface area (Å²) in [5, 5.41) is 0. The Hall–Kier alpha value is -1.49. The van der Waals surface area contributed by atoms with Gasteiger partial charge >= 0.3 is 0 Å². The van der Waals surface area contributed by atoms with Crippen molar-refractivity contribution in [2.45, 2.75) is 24.7 Å². The molecular weight excluding hydrogens is 272 g/mol. The van der Waals surface area contributed by atoms with Crippen molar-refractivity contribution < 1.29 is 9.59 Å². The number of carbonyl (C=O) groups is 2. The van der Waals surface area contributed by atoms with Gasteiger partial charge in [0.2, 0.25) is 5.91 Å². The van der Waals surface area contributed by atoms with Crippen molar-refractivity contribution >= 4 is 24.4 Å². The second kappa shape index (κ2) is 6.79. The third-order valence-corrected chi connectivity index (χ3v) is 3.96. The highest BCUT2D eigenvalue weighted by Gasteiger charge is 2.22. The summed E-state index contributed by atoms with van der Waals surface area (Å²) in [5.74, 6) is 0.162. The Labute approximate surface area is 125 Å². The van der Waals surface area contributed by atoms with Gasteiger partial charge in [-0.3, -0.25) is 9.59 Å². The summed E-state index contributed by atoms with van der Waals surface area (Å²) < 4.78 is 0. The van der Waals surface area contributed by atoms with Gasteiger partial charge in [0.05, 0.1) is 5.56 Å². The molecule has 1 fully saturated rings. The molecule has 4 nitrogen and oxygen atoms in total. The van der Waals surface area contributed by atoms with Gasteiger partial charge in [0.1, 0.15) is 0 Å². The van der Waals surface area contributed by atoms with E-state index in [1.807, 2.05) is 34.9 Å². The fourth-order valence-corrected chi connectivity index (χ4v) is 2.67. The molecule has 0 N–H and O–H groups in total. The molecule has 2 rings (SSSR count). The molecule has 1 heterocycles. The lowest BCUT2D eigenvalue weighted by Crippen LogP contribution is -2.37. The van der Waals surface area contributed by atoms with E-state index in [2.05, 4.69) is 12.6 Å². The van der Waals surface area contributed by atoms with Crippen LogP contribution in [0.15, 0.2) is 29.2 Å². The molecule has 1 aliphatic rings. The van der Waals surface area contributed by atoms with Gasteiger partial charge in [0.25, 0.3) is 5.91 Å². The van der Waals surface area contributed by atoms with E-state index >= 15 is 0 Å². The highest BCUT2D eigenvalue weighted by Crippen LogP contribution is 2.16. The van der Waals surface area contributed by atoms with Crippen molar-refractivity contribution in [1.82, 2.24) is 9.80 Å². The minimum Gasteiger partial charge on any atom is -0.341 e. The second-order valence-corrected chi connectivity index (χ2v) is 5.38. The summed E-state index contributed by atoms with van der Waals surface area (Å²) in [5.41, 5.74) is 0.631. The molecule has 0 saturated carbocycles. The maximum Gasteiger partial charge on any atom is 0.255 e. The maximum absolute atomic E-state index is 12.5. The summed E-state index contributed by atoms with van der Waals surface area (Å²) in [4.78, 5) is 28.6. The highest BCUT2D eigenvalue weighted by atomic mass is 32.1. The van der Waals surface area contributed by atoms with E-state index < -0.39 is 0 Å². The van der Waals surface area contributed by atoms with Crippen LogP contribution in [-0.2, 0) is 4.79 Å². The lowest BCUT2D eigenvalue weighted by Gasteiger charge is -2.22. The molecule has 1 aliphatic heterocycles. The van der Waals surface area contributed by atoms with Gasteiger partial charge < -0.3 is 9.80 Å². The number of hydrogen-bond acceptors (Lipinski definition) is 3. The van der Waals surface area contributed by atoms with Crippen molar-refractivity contribution in [2.24, 2.45) is 0 Å². The van der Waals surface area contributed by atoms with E-state index in [0.717, 1.165) is 13.0 Å². The van der Waals surface area contributed by atoms with Crippen LogP contribution in [0.2, 0.25) is 0 Å². The van der Waals surface area contributed by atoms with Gasteiger partial charge in [-0.15, -0.1) is 12.6 Å². The van der Waals surface area contributed by atoms with Gasteiger partial charge in [-0.2, -0.15) is 0 Å². The van der Waals surface area contributed by atoms with Gasteiger partial charge in [0.15, 0.2) is 0 Å². The smallest absolute Gasteiger partial charge is 0.255 e. The van der Waals surface area contributed by atoms with E-state index in [-0.39, 0.29) is 11.8 Å². The van der Waals surface area contributed by atoms with Crippen LogP contribution in [0.5, 0.6) is 0 Å². The predicted molar refractivity (Wildman–Crippen MR) is 81.1 cm³/mol. The lowest BCUT2D eigenvalue weighted by molar-refractivity contribution is -0.130. The first kappa shape index (κ1) is 14.9. The standard InChI is InChI=1S/C15H20N2O2S/c1-2-14(18)16-8-5-9-17(11-10-16)15(19)12-6-3-4-7-13(12)20/h3-4,6-7,20H,2,5,8-11H2,1H3. The number of rotatable bonds is 2. The molecule has 20 heavy (non-hydrogen) atoms. The summed E-state index contributed by atoms with van der Waals surface area (Å²) >= 11 is 4.34. The first-order valence-corrected chi connectivity index (χ1v) is 7.43. The Balaban J connectivity index is 2.05. The SMILES string of the molecule is CCC(=O)N1CCCN(C(=O)c2ccccc2S)CC1. The number of hydrogen-bond donors (Lipinski definition) is 1. The van der Waals surface area contributed by atoms with Gasteiger partial charge in [-0.1, -0.05) is 19.1 Å². The molecule has 1 aromatic carbocycles. The molecule has 1 aromatic rings. The molecule has 0 aromatic heterocycles. The lowest BCUT2D eigenvalue weighted by atomic mass is 10.2. The van der Waals surface area contributed by atoms with Gasteiger partial charge in [-0.05, 0) is 18.6 Å². The quantitative estimate of drug-likeness (QED) is 0.848. The molecule has 0 atom stereocenters. The average Bonchev–Trinajstić information content (AvgIpc) is 2.72. The molecule has 108 valence electrons. The largest absolute Gasteiger partial charge is 0.341 e. The van der Waals surface area contributed by atoms with Crippen LogP contribution in [0.1, 0.15) is 30.1 Å². The predicted octanol–water partition coefficient (Wildman–Crippen LogP) is 2.06. The maximum atomic E-state index is 12.5.